The van der Waals surface area contributed by atoms with Crippen molar-refractivity contribution >= 4 is 11.9 Å². The van der Waals surface area contributed by atoms with Crippen LogP contribution < -0.4 is 5.32 Å². The zero-order chi connectivity index (χ0) is 11.2. The minimum atomic E-state index is -0.305. The lowest BCUT2D eigenvalue weighted by molar-refractivity contribution is -0.140. The molecule has 0 spiro atoms. The molecule has 0 aromatic carbocycles. The van der Waals surface area contributed by atoms with Gasteiger partial charge in [0.05, 0.1) is 13.5 Å². The van der Waals surface area contributed by atoms with Crippen LogP contribution >= 0.6 is 0 Å². The van der Waals surface area contributed by atoms with Crippen molar-refractivity contribution in [3.63, 3.8) is 0 Å². The number of carbonyl (C=O) groups excluding carboxylic acids is 2. The van der Waals surface area contributed by atoms with Crippen molar-refractivity contribution in [2.24, 2.45) is 5.41 Å². The summed E-state index contributed by atoms with van der Waals surface area (Å²) in [4.78, 5) is 22.0. The molecule has 4 heteroatoms. The average Bonchev–Trinajstić information content (AvgIpc) is 2.00. The molecule has 4 nitrogen and oxygen atoms in total. The molecule has 0 saturated heterocycles. The molecule has 1 N–H and O–H groups in total. The molecule has 0 heterocycles. The Kier molecular flexibility index (Phi) is 5.20. The summed E-state index contributed by atoms with van der Waals surface area (Å²) >= 11 is 0. The molecular weight excluding hydrogens is 182 g/mol. The van der Waals surface area contributed by atoms with Crippen molar-refractivity contribution in [3.8, 4) is 0 Å². The monoisotopic (exact) mass is 201 g/mol. The third kappa shape index (κ3) is 7.58. The summed E-state index contributed by atoms with van der Waals surface area (Å²) in [5, 5.41) is 2.66. The number of nitrogens with one attached hydrogen (secondary N) is 1. The van der Waals surface area contributed by atoms with E-state index in [0.29, 0.717) is 13.0 Å². The van der Waals surface area contributed by atoms with E-state index in [-0.39, 0.29) is 23.7 Å². The summed E-state index contributed by atoms with van der Waals surface area (Å²) in [5.41, 5.74) is -0.0185. The molecule has 0 fully saturated rings. The van der Waals surface area contributed by atoms with Gasteiger partial charge in [-0.3, -0.25) is 9.59 Å². The highest BCUT2D eigenvalue weighted by Gasteiger charge is 2.15. The Bertz CT molecular complexity index is 206. The van der Waals surface area contributed by atoms with Crippen molar-refractivity contribution in [2.75, 3.05) is 13.7 Å². The van der Waals surface area contributed by atoms with Gasteiger partial charge in [-0.1, -0.05) is 20.8 Å². The number of amides is 1. The molecule has 0 aromatic rings. The summed E-state index contributed by atoms with van der Waals surface area (Å²) in [5.74, 6) is -0.331. The maximum absolute atomic E-state index is 11.3. The number of hydrogen-bond donors (Lipinski definition) is 1. The normalized spacial score (nSPS) is 10.9. The molecule has 0 bridgehead atoms. The quantitative estimate of drug-likeness (QED) is 0.693. The van der Waals surface area contributed by atoms with Gasteiger partial charge in [0.25, 0.3) is 0 Å². The fraction of sp³-hybridized carbons (Fsp3) is 0.800. The molecule has 82 valence electrons. The van der Waals surface area contributed by atoms with Crippen molar-refractivity contribution in [1.82, 2.24) is 5.32 Å². The Morgan fingerprint density at radius 1 is 1.29 bits per heavy atom. The van der Waals surface area contributed by atoms with Crippen molar-refractivity contribution < 1.29 is 14.3 Å². The Hall–Kier alpha value is -1.06. The molecule has 0 aliphatic rings. The third-order valence-electron chi connectivity index (χ3n) is 1.57. The van der Waals surface area contributed by atoms with E-state index in [4.69, 9.17) is 0 Å². The van der Waals surface area contributed by atoms with Gasteiger partial charge in [0.2, 0.25) is 5.91 Å². The van der Waals surface area contributed by atoms with Gasteiger partial charge in [0.1, 0.15) is 0 Å². The molecule has 0 aliphatic heterocycles. The molecule has 1 amide bonds. The predicted octanol–water partition coefficient (Wildman–Crippen LogP) is 1.10. The van der Waals surface area contributed by atoms with E-state index in [1.54, 1.807) is 0 Å². The van der Waals surface area contributed by atoms with Crippen LogP contribution in [0.3, 0.4) is 0 Å². The minimum absolute atomic E-state index is 0.0185. The van der Waals surface area contributed by atoms with Crippen LogP contribution in [0.2, 0.25) is 0 Å². The maximum atomic E-state index is 11.3. The Morgan fingerprint density at radius 3 is 2.29 bits per heavy atom. The molecule has 0 saturated carbocycles. The van der Waals surface area contributed by atoms with Gasteiger partial charge >= 0.3 is 5.97 Å². The zero-order valence-electron chi connectivity index (χ0n) is 9.35. The number of hydrogen-bond acceptors (Lipinski definition) is 3. The highest BCUT2D eigenvalue weighted by atomic mass is 16.5. The molecule has 0 aliphatic carbocycles. The first-order chi connectivity index (χ1) is 6.35. The second-order valence-corrected chi connectivity index (χ2v) is 4.41. The standard InChI is InChI=1S/C10H19NO3/c1-10(2,3)7-8(12)11-6-5-9(13)14-4/h5-7H2,1-4H3,(H,11,12). The second-order valence-electron chi connectivity index (χ2n) is 4.41. The zero-order valence-corrected chi connectivity index (χ0v) is 9.35. The third-order valence-corrected chi connectivity index (χ3v) is 1.57. The van der Waals surface area contributed by atoms with Gasteiger partial charge in [-0.25, -0.2) is 0 Å². The van der Waals surface area contributed by atoms with Gasteiger partial charge in [-0.15, -0.1) is 0 Å². The van der Waals surface area contributed by atoms with Gasteiger partial charge in [-0.05, 0) is 5.41 Å². The molecular formula is C10H19NO3. The highest BCUT2D eigenvalue weighted by molar-refractivity contribution is 5.77. The Labute approximate surface area is 85.0 Å². The van der Waals surface area contributed by atoms with Crippen molar-refractivity contribution in [3.05, 3.63) is 0 Å². The molecule has 0 aromatic heterocycles. The number of carbonyl (C=O) groups is 2. The molecule has 14 heavy (non-hydrogen) atoms. The topological polar surface area (TPSA) is 55.4 Å². The van der Waals surface area contributed by atoms with E-state index in [2.05, 4.69) is 10.1 Å². The van der Waals surface area contributed by atoms with Crippen molar-refractivity contribution in [1.29, 1.82) is 0 Å². The number of esters is 1. The lowest BCUT2D eigenvalue weighted by atomic mass is 9.92. The van der Waals surface area contributed by atoms with Crippen LogP contribution in [0.25, 0.3) is 0 Å². The Balaban J connectivity index is 3.60. The first kappa shape index (κ1) is 12.9. The van der Waals surface area contributed by atoms with Crippen LogP contribution in [-0.2, 0) is 14.3 Å². The van der Waals surface area contributed by atoms with E-state index in [1.807, 2.05) is 20.8 Å². The summed E-state index contributed by atoms with van der Waals surface area (Å²) in [6.07, 6.45) is 0.695. The van der Waals surface area contributed by atoms with Crippen LogP contribution in [0.15, 0.2) is 0 Å². The highest BCUT2D eigenvalue weighted by Crippen LogP contribution is 2.17. The SMILES string of the molecule is COC(=O)CCNC(=O)CC(C)(C)C. The maximum Gasteiger partial charge on any atom is 0.307 e. The largest absolute Gasteiger partial charge is 0.469 e. The number of ether oxygens (including phenoxy) is 1. The minimum Gasteiger partial charge on any atom is -0.469 e. The summed E-state index contributed by atoms with van der Waals surface area (Å²) in [6, 6.07) is 0. The summed E-state index contributed by atoms with van der Waals surface area (Å²) < 4.78 is 4.44. The molecule has 0 rings (SSSR count). The van der Waals surface area contributed by atoms with Gasteiger partial charge in [-0.2, -0.15) is 0 Å². The van der Waals surface area contributed by atoms with Crippen LogP contribution in [0.1, 0.15) is 33.6 Å². The molecule has 0 radical (unpaired) electrons. The Morgan fingerprint density at radius 2 is 1.86 bits per heavy atom. The summed E-state index contributed by atoms with van der Waals surface area (Å²) in [7, 11) is 1.33. The van der Waals surface area contributed by atoms with Gasteiger partial charge in [0.15, 0.2) is 0 Å². The smallest absolute Gasteiger partial charge is 0.307 e. The van der Waals surface area contributed by atoms with Crippen LogP contribution in [0.5, 0.6) is 0 Å². The lowest BCUT2D eigenvalue weighted by Gasteiger charge is -2.16. The first-order valence-electron chi connectivity index (χ1n) is 4.68. The van der Waals surface area contributed by atoms with Crippen molar-refractivity contribution in [2.45, 2.75) is 33.6 Å². The second kappa shape index (κ2) is 5.62. The van der Waals surface area contributed by atoms with Crippen LogP contribution in [0, 0.1) is 5.41 Å². The number of rotatable bonds is 4. The fourth-order valence-corrected chi connectivity index (χ4v) is 0.950. The van der Waals surface area contributed by atoms with E-state index >= 15 is 0 Å². The molecule has 0 atom stereocenters. The van der Waals surface area contributed by atoms with E-state index < -0.39 is 0 Å². The number of methoxy groups -OCH3 is 1. The van der Waals surface area contributed by atoms with E-state index in [1.165, 1.54) is 7.11 Å². The molecule has 0 unspecified atom stereocenters. The first-order valence-corrected chi connectivity index (χ1v) is 4.68. The van der Waals surface area contributed by atoms with E-state index in [9.17, 15) is 9.59 Å². The summed E-state index contributed by atoms with van der Waals surface area (Å²) in [6.45, 7) is 6.33. The van der Waals surface area contributed by atoms with Gasteiger partial charge < -0.3 is 10.1 Å². The van der Waals surface area contributed by atoms with Gasteiger partial charge in [0, 0.05) is 13.0 Å². The predicted molar refractivity (Wildman–Crippen MR) is 53.7 cm³/mol. The fourth-order valence-electron chi connectivity index (χ4n) is 0.950. The average molecular weight is 201 g/mol. The van der Waals surface area contributed by atoms with Crippen LogP contribution in [0.4, 0.5) is 0 Å². The lowest BCUT2D eigenvalue weighted by Crippen LogP contribution is -2.29. The van der Waals surface area contributed by atoms with Crippen LogP contribution in [-0.4, -0.2) is 25.5 Å². The van der Waals surface area contributed by atoms with E-state index in [0.717, 1.165) is 0 Å².